The fraction of sp³-hybridized carbons (Fsp3) is 0.0769. The minimum absolute atomic E-state index is 0.487. The molecule has 0 radical (unpaired) electrons. The topological polar surface area (TPSA) is 48.7 Å². The molecule has 0 bridgehead atoms. The highest BCUT2D eigenvalue weighted by Gasteiger charge is 2.11. The molecule has 0 amide bonds. The highest BCUT2D eigenvalue weighted by Crippen LogP contribution is 2.20. The maximum absolute atomic E-state index is 9.17. The first-order valence-electron chi connectivity index (χ1n) is 5.22. The van der Waals surface area contributed by atoms with E-state index in [1.807, 2.05) is 18.2 Å². The lowest BCUT2D eigenvalue weighted by Gasteiger charge is -2.12. The molecule has 1 heterocycles. The van der Waals surface area contributed by atoms with Gasteiger partial charge in [-0.2, -0.15) is 5.26 Å². The number of halogens is 2. The number of rotatable bonds is 3. The first kappa shape index (κ1) is 12.9. The third-order valence-electron chi connectivity index (χ3n) is 2.33. The SMILES string of the molecule is N#CC(Nc1ccc(Cl)cc1)c1ccc(Br)cn1. The molecule has 1 unspecified atom stereocenters. The zero-order valence-corrected chi connectivity index (χ0v) is 11.6. The van der Waals surface area contributed by atoms with E-state index >= 15 is 0 Å². The molecule has 0 aliphatic heterocycles. The predicted molar refractivity (Wildman–Crippen MR) is 75.4 cm³/mol. The van der Waals surface area contributed by atoms with Gasteiger partial charge in [0.1, 0.15) is 0 Å². The van der Waals surface area contributed by atoms with Gasteiger partial charge in [0.05, 0.1) is 11.8 Å². The molecule has 2 rings (SSSR count). The minimum atomic E-state index is -0.487. The van der Waals surface area contributed by atoms with E-state index in [4.69, 9.17) is 11.6 Å². The van der Waals surface area contributed by atoms with E-state index in [-0.39, 0.29) is 0 Å². The zero-order valence-electron chi connectivity index (χ0n) is 9.27. The van der Waals surface area contributed by atoms with Gasteiger partial charge in [-0.25, -0.2) is 0 Å². The average molecular weight is 323 g/mol. The summed E-state index contributed by atoms with van der Waals surface area (Å²) in [6.07, 6.45) is 1.67. The molecule has 0 fully saturated rings. The van der Waals surface area contributed by atoms with Crippen molar-refractivity contribution in [2.45, 2.75) is 6.04 Å². The van der Waals surface area contributed by atoms with Crippen LogP contribution in [0.15, 0.2) is 47.1 Å². The van der Waals surface area contributed by atoms with Crippen LogP contribution in [0.2, 0.25) is 5.02 Å². The van der Waals surface area contributed by atoms with Crippen molar-refractivity contribution in [1.29, 1.82) is 5.26 Å². The van der Waals surface area contributed by atoms with Crippen molar-refractivity contribution < 1.29 is 0 Å². The van der Waals surface area contributed by atoms with E-state index in [1.54, 1.807) is 24.4 Å². The highest BCUT2D eigenvalue weighted by molar-refractivity contribution is 9.10. The lowest BCUT2D eigenvalue weighted by Crippen LogP contribution is -2.09. The first-order chi connectivity index (χ1) is 8.69. The van der Waals surface area contributed by atoms with Crippen LogP contribution in [0.3, 0.4) is 0 Å². The third kappa shape index (κ3) is 3.22. The van der Waals surface area contributed by atoms with Gasteiger partial charge in [0.15, 0.2) is 6.04 Å². The van der Waals surface area contributed by atoms with Gasteiger partial charge in [-0.15, -0.1) is 0 Å². The Morgan fingerprint density at radius 2 is 1.94 bits per heavy atom. The summed E-state index contributed by atoms with van der Waals surface area (Å²) in [5.74, 6) is 0. The lowest BCUT2D eigenvalue weighted by atomic mass is 10.2. The number of anilines is 1. The molecule has 3 nitrogen and oxygen atoms in total. The molecule has 1 aromatic heterocycles. The summed E-state index contributed by atoms with van der Waals surface area (Å²) in [5.41, 5.74) is 1.51. The maximum atomic E-state index is 9.17. The van der Waals surface area contributed by atoms with Crippen molar-refractivity contribution >= 4 is 33.2 Å². The molecule has 2 aromatic rings. The van der Waals surface area contributed by atoms with Crippen molar-refractivity contribution in [3.63, 3.8) is 0 Å². The second kappa shape index (κ2) is 5.85. The van der Waals surface area contributed by atoms with Gasteiger partial charge in [0.25, 0.3) is 0 Å². The highest BCUT2D eigenvalue weighted by atomic mass is 79.9. The van der Waals surface area contributed by atoms with Crippen LogP contribution in [-0.2, 0) is 0 Å². The number of nitrogens with one attached hydrogen (secondary N) is 1. The molecule has 0 spiro atoms. The third-order valence-corrected chi connectivity index (χ3v) is 3.05. The van der Waals surface area contributed by atoms with E-state index in [0.717, 1.165) is 10.2 Å². The van der Waals surface area contributed by atoms with Crippen molar-refractivity contribution in [1.82, 2.24) is 4.98 Å². The van der Waals surface area contributed by atoms with E-state index in [2.05, 4.69) is 32.3 Å². The number of nitriles is 1. The standard InChI is InChI=1S/C13H9BrClN3/c14-9-1-6-12(17-8-9)13(7-16)18-11-4-2-10(15)3-5-11/h1-6,8,13,18H. The Balaban J connectivity index is 2.17. The predicted octanol–water partition coefficient (Wildman–Crippen LogP) is 4.17. The van der Waals surface area contributed by atoms with Crippen LogP contribution in [0.1, 0.15) is 11.7 Å². The Morgan fingerprint density at radius 1 is 1.22 bits per heavy atom. The van der Waals surface area contributed by atoms with Crippen LogP contribution in [-0.4, -0.2) is 4.98 Å². The molecule has 0 saturated carbocycles. The van der Waals surface area contributed by atoms with Gasteiger partial charge in [0.2, 0.25) is 0 Å². The van der Waals surface area contributed by atoms with Gasteiger partial charge < -0.3 is 5.32 Å². The van der Waals surface area contributed by atoms with Gasteiger partial charge in [-0.1, -0.05) is 11.6 Å². The van der Waals surface area contributed by atoms with Crippen molar-refractivity contribution in [3.05, 3.63) is 57.8 Å². The lowest BCUT2D eigenvalue weighted by molar-refractivity contribution is 0.932. The summed E-state index contributed by atoms with van der Waals surface area (Å²) in [6.45, 7) is 0. The van der Waals surface area contributed by atoms with Crippen molar-refractivity contribution in [2.75, 3.05) is 5.32 Å². The van der Waals surface area contributed by atoms with Gasteiger partial charge in [-0.05, 0) is 52.3 Å². The minimum Gasteiger partial charge on any atom is -0.365 e. The summed E-state index contributed by atoms with van der Waals surface area (Å²) in [4.78, 5) is 4.21. The quantitative estimate of drug-likeness (QED) is 0.922. The van der Waals surface area contributed by atoms with Crippen molar-refractivity contribution in [2.24, 2.45) is 0 Å². The summed E-state index contributed by atoms with van der Waals surface area (Å²) in [5, 5.41) is 12.9. The number of benzene rings is 1. The molecule has 0 aliphatic rings. The summed E-state index contributed by atoms with van der Waals surface area (Å²) >= 11 is 9.12. The Bertz CT molecular complexity index is 560. The molecule has 1 atom stereocenters. The van der Waals surface area contributed by atoms with E-state index in [9.17, 15) is 5.26 Å². The number of pyridine rings is 1. The number of hydrogen-bond donors (Lipinski definition) is 1. The number of hydrogen-bond acceptors (Lipinski definition) is 3. The molecular formula is C13H9BrClN3. The molecule has 5 heteroatoms. The van der Waals surface area contributed by atoms with Gasteiger partial charge >= 0.3 is 0 Å². The summed E-state index contributed by atoms with van der Waals surface area (Å²) < 4.78 is 0.884. The van der Waals surface area contributed by atoms with E-state index in [0.29, 0.717) is 10.7 Å². The van der Waals surface area contributed by atoms with Crippen LogP contribution in [0.4, 0.5) is 5.69 Å². The summed E-state index contributed by atoms with van der Waals surface area (Å²) in [7, 11) is 0. The summed E-state index contributed by atoms with van der Waals surface area (Å²) in [6, 6.07) is 12.5. The molecule has 0 aliphatic carbocycles. The van der Waals surface area contributed by atoms with Crippen LogP contribution in [0.25, 0.3) is 0 Å². The van der Waals surface area contributed by atoms with Crippen LogP contribution in [0, 0.1) is 11.3 Å². The Labute approximate surface area is 119 Å². The first-order valence-corrected chi connectivity index (χ1v) is 6.39. The van der Waals surface area contributed by atoms with E-state index < -0.39 is 6.04 Å². The number of nitrogens with zero attached hydrogens (tertiary/aromatic N) is 2. The molecule has 18 heavy (non-hydrogen) atoms. The van der Waals surface area contributed by atoms with E-state index in [1.165, 1.54) is 0 Å². The number of aromatic nitrogens is 1. The largest absolute Gasteiger partial charge is 0.365 e. The van der Waals surface area contributed by atoms with Gasteiger partial charge in [-0.3, -0.25) is 4.98 Å². The maximum Gasteiger partial charge on any atom is 0.157 e. The monoisotopic (exact) mass is 321 g/mol. The fourth-order valence-electron chi connectivity index (χ4n) is 1.44. The molecule has 1 aromatic carbocycles. The Kier molecular flexibility index (Phi) is 4.19. The van der Waals surface area contributed by atoms with Crippen LogP contribution >= 0.6 is 27.5 Å². The Hall–Kier alpha value is -1.57. The smallest absolute Gasteiger partial charge is 0.157 e. The second-order valence-electron chi connectivity index (χ2n) is 3.61. The fourth-order valence-corrected chi connectivity index (χ4v) is 1.80. The molecular weight excluding hydrogens is 314 g/mol. The van der Waals surface area contributed by atoms with Crippen molar-refractivity contribution in [3.8, 4) is 6.07 Å². The Morgan fingerprint density at radius 3 is 2.50 bits per heavy atom. The normalized spacial score (nSPS) is 11.6. The second-order valence-corrected chi connectivity index (χ2v) is 4.97. The average Bonchev–Trinajstić information content (AvgIpc) is 2.39. The molecule has 1 N–H and O–H groups in total. The van der Waals surface area contributed by atoms with Crippen LogP contribution < -0.4 is 5.32 Å². The van der Waals surface area contributed by atoms with Gasteiger partial charge in [0, 0.05) is 21.4 Å². The van der Waals surface area contributed by atoms with Crippen LogP contribution in [0.5, 0.6) is 0 Å². The zero-order chi connectivity index (χ0) is 13.0. The molecule has 0 saturated heterocycles. The molecule has 90 valence electrons.